The standard InChI is InChI=1S/C15H23N3O2/c1-15(2,14(20)17-3)10-18-13(19)12(16)9-11-7-5-4-6-8-11/h4-8,12H,9-10,16H2,1-3H3,(H,17,20)(H,18,19). The lowest BCUT2D eigenvalue weighted by atomic mass is 9.92. The molecule has 1 atom stereocenters. The molecule has 1 aromatic rings. The molecule has 0 aliphatic heterocycles. The Kier molecular flexibility index (Phi) is 5.70. The van der Waals surface area contributed by atoms with Gasteiger partial charge in [-0.05, 0) is 25.8 Å². The van der Waals surface area contributed by atoms with E-state index in [1.807, 2.05) is 30.3 Å². The van der Waals surface area contributed by atoms with Crippen molar-refractivity contribution in [2.24, 2.45) is 11.1 Å². The average Bonchev–Trinajstić information content (AvgIpc) is 2.44. The summed E-state index contributed by atoms with van der Waals surface area (Å²) >= 11 is 0. The molecule has 0 saturated carbocycles. The van der Waals surface area contributed by atoms with Gasteiger partial charge in [0.25, 0.3) is 0 Å². The first-order chi connectivity index (χ1) is 9.36. The van der Waals surface area contributed by atoms with Gasteiger partial charge in [-0.2, -0.15) is 0 Å². The molecule has 1 unspecified atom stereocenters. The minimum atomic E-state index is -0.656. The lowest BCUT2D eigenvalue weighted by molar-refractivity contribution is -0.129. The molecule has 0 radical (unpaired) electrons. The molecule has 2 amide bonds. The highest BCUT2D eigenvalue weighted by Gasteiger charge is 2.27. The second-order valence-corrected chi connectivity index (χ2v) is 5.48. The molecule has 0 heterocycles. The molecule has 0 bridgehead atoms. The van der Waals surface area contributed by atoms with Crippen molar-refractivity contribution in [1.29, 1.82) is 0 Å². The van der Waals surface area contributed by atoms with Crippen molar-refractivity contribution >= 4 is 11.8 Å². The van der Waals surface area contributed by atoms with Crippen molar-refractivity contribution in [1.82, 2.24) is 10.6 Å². The summed E-state index contributed by atoms with van der Waals surface area (Å²) in [7, 11) is 1.58. The Labute approximate surface area is 119 Å². The summed E-state index contributed by atoms with van der Waals surface area (Å²) in [5, 5.41) is 5.31. The third-order valence-corrected chi connectivity index (χ3v) is 3.18. The lowest BCUT2D eigenvalue weighted by Crippen LogP contribution is -2.48. The van der Waals surface area contributed by atoms with Gasteiger partial charge in [-0.1, -0.05) is 30.3 Å². The SMILES string of the molecule is CNC(=O)C(C)(C)CNC(=O)C(N)Cc1ccccc1. The van der Waals surface area contributed by atoms with Gasteiger partial charge < -0.3 is 16.4 Å². The van der Waals surface area contributed by atoms with Gasteiger partial charge in [0, 0.05) is 13.6 Å². The zero-order valence-corrected chi connectivity index (χ0v) is 12.3. The average molecular weight is 277 g/mol. The molecule has 0 aliphatic rings. The van der Waals surface area contributed by atoms with Crippen LogP contribution >= 0.6 is 0 Å². The Balaban J connectivity index is 2.48. The van der Waals surface area contributed by atoms with Crippen LogP contribution in [0.4, 0.5) is 0 Å². The van der Waals surface area contributed by atoms with Crippen molar-refractivity contribution in [3.05, 3.63) is 35.9 Å². The van der Waals surface area contributed by atoms with Gasteiger partial charge in [0.2, 0.25) is 11.8 Å². The van der Waals surface area contributed by atoms with Gasteiger partial charge >= 0.3 is 0 Å². The van der Waals surface area contributed by atoms with Crippen LogP contribution in [0, 0.1) is 5.41 Å². The summed E-state index contributed by atoms with van der Waals surface area (Å²) in [5.74, 6) is -0.361. The molecule has 5 heteroatoms. The first-order valence-electron chi connectivity index (χ1n) is 6.66. The molecular formula is C15H23N3O2. The molecule has 0 spiro atoms. The molecule has 5 nitrogen and oxygen atoms in total. The van der Waals surface area contributed by atoms with Gasteiger partial charge in [-0.25, -0.2) is 0 Å². The molecular weight excluding hydrogens is 254 g/mol. The van der Waals surface area contributed by atoms with Crippen molar-refractivity contribution in [2.75, 3.05) is 13.6 Å². The quantitative estimate of drug-likeness (QED) is 0.705. The maximum atomic E-state index is 11.9. The van der Waals surface area contributed by atoms with Crippen molar-refractivity contribution < 1.29 is 9.59 Å². The normalized spacial score (nSPS) is 12.6. The largest absolute Gasteiger partial charge is 0.359 e. The first-order valence-corrected chi connectivity index (χ1v) is 6.66. The van der Waals surface area contributed by atoms with Crippen LogP contribution in [0.3, 0.4) is 0 Å². The highest BCUT2D eigenvalue weighted by Crippen LogP contribution is 2.13. The minimum absolute atomic E-state index is 0.116. The summed E-state index contributed by atoms with van der Waals surface area (Å²) in [6.07, 6.45) is 0.479. The molecule has 0 saturated heterocycles. The fourth-order valence-electron chi connectivity index (χ4n) is 1.82. The van der Waals surface area contributed by atoms with Crippen LogP contribution in [0.25, 0.3) is 0 Å². The van der Waals surface area contributed by atoms with E-state index in [2.05, 4.69) is 10.6 Å². The van der Waals surface area contributed by atoms with E-state index in [4.69, 9.17) is 5.73 Å². The summed E-state index contributed by atoms with van der Waals surface area (Å²) in [4.78, 5) is 23.6. The van der Waals surface area contributed by atoms with E-state index in [1.165, 1.54) is 0 Å². The summed E-state index contributed by atoms with van der Waals surface area (Å²) < 4.78 is 0. The molecule has 0 aromatic heterocycles. The molecule has 1 rings (SSSR count). The van der Waals surface area contributed by atoms with Crippen LogP contribution in [0.5, 0.6) is 0 Å². The number of amides is 2. The van der Waals surface area contributed by atoms with E-state index in [0.29, 0.717) is 6.42 Å². The second-order valence-electron chi connectivity index (χ2n) is 5.48. The maximum Gasteiger partial charge on any atom is 0.237 e. The van der Waals surface area contributed by atoms with Gasteiger partial charge in [-0.3, -0.25) is 9.59 Å². The summed E-state index contributed by atoms with van der Waals surface area (Å²) in [6.45, 7) is 3.80. The number of rotatable bonds is 6. The highest BCUT2D eigenvalue weighted by molar-refractivity contribution is 5.85. The monoisotopic (exact) mass is 277 g/mol. The van der Waals surface area contributed by atoms with E-state index >= 15 is 0 Å². The van der Waals surface area contributed by atoms with Crippen LogP contribution in [-0.2, 0) is 16.0 Å². The van der Waals surface area contributed by atoms with Gasteiger partial charge in [0.05, 0.1) is 11.5 Å². The van der Waals surface area contributed by atoms with Gasteiger partial charge in [0.1, 0.15) is 0 Å². The fraction of sp³-hybridized carbons (Fsp3) is 0.467. The van der Waals surface area contributed by atoms with Crippen molar-refractivity contribution in [3.63, 3.8) is 0 Å². The predicted octanol–water partition coefficient (Wildman–Crippen LogP) is 0.445. The second kappa shape index (κ2) is 7.05. The van der Waals surface area contributed by atoms with E-state index < -0.39 is 11.5 Å². The van der Waals surface area contributed by atoms with Crippen LogP contribution in [-0.4, -0.2) is 31.4 Å². The number of hydrogen-bond donors (Lipinski definition) is 3. The Morgan fingerprint density at radius 3 is 2.40 bits per heavy atom. The van der Waals surface area contributed by atoms with Crippen LogP contribution in [0.2, 0.25) is 0 Å². The van der Waals surface area contributed by atoms with E-state index in [1.54, 1.807) is 20.9 Å². The molecule has 20 heavy (non-hydrogen) atoms. The van der Waals surface area contributed by atoms with Crippen molar-refractivity contribution in [3.8, 4) is 0 Å². The summed E-state index contributed by atoms with van der Waals surface area (Å²) in [5.41, 5.74) is 6.23. The molecule has 4 N–H and O–H groups in total. The highest BCUT2D eigenvalue weighted by atomic mass is 16.2. The number of hydrogen-bond acceptors (Lipinski definition) is 3. The zero-order valence-electron chi connectivity index (χ0n) is 12.3. The minimum Gasteiger partial charge on any atom is -0.359 e. The number of nitrogens with one attached hydrogen (secondary N) is 2. The van der Waals surface area contributed by atoms with Crippen LogP contribution in [0.1, 0.15) is 19.4 Å². The van der Waals surface area contributed by atoms with Crippen LogP contribution in [0.15, 0.2) is 30.3 Å². The van der Waals surface area contributed by atoms with Gasteiger partial charge in [-0.15, -0.1) is 0 Å². The predicted molar refractivity (Wildman–Crippen MR) is 79.0 cm³/mol. The number of nitrogens with two attached hydrogens (primary N) is 1. The Morgan fingerprint density at radius 2 is 1.85 bits per heavy atom. The fourth-order valence-corrected chi connectivity index (χ4v) is 1.82. The van der Waals surface area contributed by atoms with Gasteiger partial charge in [0.15, 0.2) is 0 Å². The number of carbonyl (C=O) groups is 2. The third kappa shape index (κ3) is 4.66. The van der Waals surface area contributed by atoms with E-state index in [9.17, 15) is 9.59 Å². The topological polar surface area (TPSA) is 84.2 Å². The van der Waals surface area contributed by atoms with E-state index in [-0.39, 0.29) is 18.4 Å². The molecule has 0 aliphatic carbocycles. The van der Waals surface area contributed by atoms with E-state index in [0.717, 1.165) is 5.56 Å². The zero-order chi connectivity index (χ0) is 15.2. The Hall–Kier alpha value is -1.88. The molecule has 1 aromatic carbocycles. The molecule has 0 fully saturated rings. The van der Waals surface area contributed by atoms with Crippen molar-refractivity contribution in [2.45, 2.75) is 26.3 Å². The lowest BCUT2D eigenvalue weighted by Gasteiger charge is -2.23. The Bertz CT molecular complexity index is 457. The first kappa shape index (κ1) is 16.2. The smallest absolute Gasteiger partial charge is 0.237 e. The third-order valence-electron chi connectivity index (χ3n) is 3.18. The van der Waals surface area contributed by atoms with Crippen LogP contribution < -0.4 is 16.4 Å². The Morgan fingerprint density at radius 1 is 1.25 bits per heavy atom. The summed E-state index contributed by atoms with van der Waals surface area (Å²) in [6, 6.07) is 8.99. The maximum absolute atomic E-state index is 11.9. The number of benzene rings is 1. The number of carbonyl (C=O) groups excluding carboxylic acids is 2. The molecule has 110 valence electrons.